The van der Waals surface area contributed by atoms with Crippen molar-refractivity contribution >= 4 is 23.3 Å². The van der Waals surface area contributed by atoms with Gasteiger partial charge in [0.15, 0.2) is 11.2 Å². The number of likely N-dealkylation sites (tertiary alicyclic amines) is 1. The van der Waals surface area contributed by atoms with Crippen LogP contribution in [0.15, 0.2) is 30.3 Å². The van der Waals surface area contributed by atoms with Crippen molar-refractivity contribution in [1.29, 1.82) is 5.26 Å². The summed E-state index contributed by atoms with van der Waals surface area (Å²) in [6.45, 7) is 2.52. The second-order valence-corrected chi connectivity index (χ2v) is 6.54. The SMILES string of the molecule is CC(=O)C(C#N)(CC(Cl)c1ccccc1)C(=O)N1CCCCC1. The van der Waals surface area contributed by atoms with E-state index in [-0.39, 0.29) is 6.42 Å². The molecule has 23 heavy (non-hydrogen) atoms. The van der Waals surface area contributed by atoms with E-state index < -0.39 is 22.5 Å². The Labute approximate surface area is 142 Å². The molecule has 0 spiro atoms. The van der Waals surface area contributed by atoms with Gasteiger partial charge < -0.3 is 4.90 Å². The van der Waals surface area contributed by atoms with E-state index >= 15 is 0 Å². The summed E-state index contributed by atoms with van der Waals surface area (Å²) < 4.78 is 0. The Kier molecular flexibility index (Phi) is 5.79. The van der Waals surface area contributed by atoms with Crippen LogP contribution in [-0.2, 0) is 9.59 Å². The standard InChI is InChI=1S/C18H21ClN2O2/c1-14(22)18(13-20,17(23)21-10-6-3-7-11-21)12-16(19)15-8-4-2-5-9-15/h2,4-5,8-9,16H,3,6-7,10-12H2,1H3. The fourth-order valence-electron chi connectivity index (χ4n) is 2.97. The van der Waals surface area contributed by atoms with Crippen LogP contribution >= 0.6 is 11.6 Å². The van der Waals surface area contributed by atoms with Crippen LogP contribution in [0.2, 0.25) is 0 Å². The summed E-state index contributed by atoms with van der Waals surface area (Å²) in [5.41, 5.74) is -0.888. The number of hydrogen-bond acceptors (Lipinski definition) is 3. The maximum atomic E-state index is 12.9. The molecule has 2 unspecified atom stereocenters. The highest BCUT2D eigenvalue weighted by Crippen LogP contribution is 2.37. The third-order valence-corrected chi connectivity index (χ3v) is 4.85. The first-order valence-electron chi connectivity index (χ1n) is 7.92. The van der Waals surface area contributed by atoms with Crippen molar-refractivity contribution in [3.63, 3.8) is 0 Å². The van der Waals surface area contributed by atoms with Crippen LogP contribution in [0.25, 0.3) is 0 Å². The lowest BCUT2D eigenvalue weighted by Crippen LogP contribution is -2.49. The molecule has 0 radical (unpaired) electrons. The number of amides is 1. The average Bonchev–Trinajstić information content (AvgIpc) is 2.60. The molecular formula is C18H21ClN2O2. The third-order valence-electron chi connectivity index (χ3n) is 4.45. The summed E-state index contributed by atoms with van der Waals surface area (Å²) in [6.07, 6.45) is 2.90. The molecule has 5 heteroatoms. The molecule has 0 bridgehead atoms. The molecule has 1 saturated heterocycles. The molecule has 0 N–H and O–H groups in total. The van der Waals surface area contributed by atoms with Gasteiger partial charge in [0.25, 0.3) is 5.91 Å². The third kappa shape index (κ3) is 3.73. The smallest absolute Gasteiger partial charge is 0.250 e. The molecule has 1 amide bonds. The number of rotatable bonds is 5. The number of ketones is 1. The van der Waals surface area contributed by atoms with Crippen molar-refractivity contribution in [2.75, 3.05) is 13.1 Å². The molecule has 0 aliphatic carbocycles. The van der Waals surface area contributed by atoms with Crippen LogP contribution in [0.3, 0.4) is 0 Å². The first-order chi connectivity index (χ1) is 11.0. The Balaban J connectivity index is 2.26. The van der Waals surface area contributed by atoms with Gasteiger partial charge in [0.2, 0.25) is 0 Å². The lowest BCUT2D eigenvalue weighted by atomic mass is 9.78. The van der Waals surface area contributed by atoms with E-state index in [1.807, 2.05) is 36.4 Å². The molecule has 1 aromatic carbocycles. The highest BCUT2D eigenvalue weighted by Gasteiger charge is 2.47. The van der Waals surface area contributed by atoms with Gasteiger partial charge in [-0.25, -0.2) is 0 Å². The molecule has 0 saturated carbocycles. The monoisotopic (exact) mass is 332 g/mol. The molecule has 1 aliphatic rings. The molecule has 1 fully saturated rings. The topological polar surface area (TPSA) is 61.2 Å². The molecule has 1 aliphatic heterocycles. The van der Waals surface area contributed by atoms with Crippen molar-refractivity contribution in [3.05, 3.63) is 35.9 Å². The second-order valence-electron chi connectivity index (χ2n) is 6.01. The normalized spacial score (nSPS) is 18.6. The van der Waals surface area contributed by atoms with Gasteiger partial charge in [-0.3, -0.25) is 9.59 Å². The lowest BCUT2D eigenvalue weighted by molar-refractivity contribution is -0.146. The van der Waals surface area contributed by atoms with E-state index in [1.54, 1.807) is 4.90 Å². The van der Waals surface area contributed by atoms with E-state index in [0.29, 0.717) is 13.1 Å². The zero-order valence-electron chi connectivity index (χ0n) is 13.3. The number of nitriles is 1. The van der Waals surface area contributed by atoms with E-state index in [9.17, 15) is 14.9 Å². The van der Waals surface area contributed by atoms with Crippen LogP contribution in [-0.4, -0.2) is 29.7 Å². The minimum absolute atomic E-state index is 0.000262. The first-order valence-corrected chi connectivity index (χ1v) is 8.35. The summed E-state index contributed by atoms with van der Waals surface area (Å²) >= 11 is 6.42. The quantitative estimate of drug-likeness (QED) is 0.612. The Bertz CT molecular complexity index is 605. The Morgan fingerprint density at radius 2 is 1.87 bits per heavy atom. The van der Waals surface area contributed by atoms with Gasteiger partial charge in [-0.15, -0.1) is 11.6 Å². The number of alkyl halides is 1. The molecule has 122 valence electrons. The summed E-state index contributed by atoms with van der Waals surface area (Å²) in [4.78, 5) is 26.7. The number of hydrogen-bond donors (Lipinski definition) is 0. The van der Waals surface area contributed by atoms with Crippen molar-refractivity contribution in [2.45, 2.75) is 38.0 Å². The minimum atomic E-state index is -1.69. The van der Waals surface area contributed by atoms with Gasteiger partial charge in [-0.2, -0.15) is 5.26 Å². The predicted octanol–water partition coefficient (Wildman–Crippen LogP) is 3.47. The van der Waals surface area contributed by atoms with Crippen LogP contribution in [0.1, 0.15) is 43.5 Å². The zero-order valence-corrected chi connectivity index (χ0v) is 14.1. The second kappa shape index (κ2) is 7.61. The number of benzene rings is 1. The maximum absolute atomic E-state index is 12.9. The summed E-state index contributed by atoms with van der Waals surface area (Å²) in [7, 11) is 0. The number of piperidine rings is 1. The average molecular weight is 333 g/mol. The van der Waals surface area contributed by atoms with Crippen LogP contribution < -0.4 is 0 Å². The van der Waals surface area contributed by atoms with Crippen LogP contribution in [0.5, 0.6) is 0 Å². The van der Waals surface area contributed by atoms with Crippen molar-refractivity contribution in [2.24, 2.45) is 5.41 Å². The highest BCUT2D eigenvalue weighted by molar-refractivity contribution is 6.21. The summed E-state index contributed by atoms with van der Waals surface area (Å²) in [6, 6.07) is 11.2. The highest BCUT2D eigenvalue weighted by atomic mass is 35.5. The van der Waals surface area contributed by atoms with Crippen molar-refractivity contribution < 1.29 is 9.59 Å². The van der Waals surface area contributed by atoms with Crippen LogP contribution in [0.4, 0.5) is 0 Å². The maximum Gasteiger partial charge on any atom is 0.250 e. The van der Waals surface area contributed by atoms with Gasteiger partial charge in [0.1, 0.15) is 0 Å². The van der Waals surface area contributed by atoms with Gasteiger partial charge in [-0.05, 0) is 31.7 Å². The Morgan fingerprint density at radius 1 is 1.26 bits per heavy atom. The molecule has 0 aromatic heterocycles. The molecule has 1 aromatic rings. The minimum Gasteiger partial charge on any atom is -0.341 e. The molecular weight excluding hydrogens is 312 g/mol. The zero-order chi connectivity index (χ0) is 16.9. The fourth-order valence-corrected chi connectivity index (χ4v) is 3.35. The molecule has 2 rings (SSSR count). The Morgan fingerprint density at radius 3 is 2.39 bits per heavy atom. The lowest BCUT2D eigenvalue weighted by Gasteiger charge is -2.34. The number of carbonyl (C=O) groups is 2. The van der Waals surface area contributed by atoms with Gasteiger partial charge in [-0.1, -0.05) is 30.3 Å². The van der Waals surface area contributed by atoms with Gasteiger partial charge in [0, 0.05) is 19.5 Å². The molecule has 4 nitrogen and oxygen atoms in total. The van der Waals surface area contributed by atoms with E-state index in [0.717, 1.165) is 24.8 Å². The number of Topliss-reactive ketones (excluding diaryl/α,β-unsaturated/α-hetero) is 1. The largest absolute Gasteiger partial charge is 0.341 e. The van der Waals surface area contributed by atoms with Crippen molar-refractivity contribution in [1.82, 2.24) is 4.90 Å². The van der Waals surface area contributed by atoms with E-state index in [1.165, 1.54) is 6.92 Å². The predicted molar refractivity (Wildman–Crippen MR) is 88.8 cm³/mol. The summed E-state index contributed by atoms with van der Waals surface area (Å²) in [5.74, 6) is -0.828. The fraction of sp³-hybridized carbons (Fsp3) is 0.500. The van der Waals surface area contributed by atoms with E-state index in [4.69, 9.17) is 11.6 Å². The van der Waals surface area contributed by atoms with Crippen molar-refractivity contribution in [3.8, 4) is 6.07 Å². The van der Waals surface area contributed by atoms with E-state index in [2.05, 4.69) is 0 Å². The number of halogens is 1. The first kappa shape index (κ1) is 17.5. The summed E-state index contributed by atoms with van der Waals surface area (Å²) in [5, 5.41) is 9.11. The Hall–Kier alpha value is -1.86. The molecule has 1 heterocycles. The van der Waals surface area contributed by atoms with Crippen LogP contribution in [0, 0.1) is 16.7 Å². The van der Waals surface area contributed by atoms with Gasteiger partial charge >= 0.3 is 0 Å². The molecule has 2 atom stereocenters. The number of nitrogens with zero attached hydrogens (tertiary/aromatic N) is 2. The van der Waals surface area contributed by atoms with Gasteiger partial charge in [0.05, 0.1) is 11.4 Å². The number of carbonyl (C=O) groups excluding carboxylic acids is 2.